The third kappa shape index (κ3) is 4.20. The van der Waals surface area contributed by atoms with E-state index >= 15 is 0 Å². The van der Waals surface area contributed by atoms with Gasteiger partial charge in [0.2, 0.25) is 0 Å². The fourth-order valence-electron chi connectivity index (χ4n) is 5.70. The van der Waals surface area contributed by atoms with Gasteiger partial charge in [0.05, 0.1) is 11.0 Å². The average Bonchev–Trinajstić information content (AvgIpc) is 3.33. The molecular formula is C27H34FN3O. The van der Waals surface area contributed by atoms with Crippen molar-refractivity contribution in [2.75, 3.05) is 6.54 Å². The van der Waals surface area contributed by atoms with Crippen LogP contribution >= 0.6 is 0 Å². The third-order valence-corrected chi connectivity index (χ3v) is 7.33. The van der Waals surface area contributed by atoms with E-state index in [-0.39, 0.29) is 5.82 Å². The van der Waals surface area contributed by atoms with Crippen molar-refractivity contribution in [3.63, 3.8) is 0 Å². The van der Waals surface area contributed by atoms with Crippen LogP contribution in [0.3, 0.4) is 0 Å². The van der Waals surface area contributed by atoms with Crippen molar-refractivity contribution >= 4 is 11.0 Å². The first-order chi connectivity index (χ1) is 15.3. The highest BCUT2D eigenvalue weighted by Crippen LogP contribution is 2.36. The number of aryl methyl sites for hydroxylation is 1. The van der Waals surface area contributed by atoms with E-state index in [0.29, 0.717) is 18.0 Å². The Morgan fingerprint density at radius 1 is 1.06 bits per heavy atom. The molecule has 2 N–H and O–H groups in total. The summed E-state index contributed by atoms with van der Waals surface area (Å²) in [4.78, 5) is 4.82. The van der Waals surface area contributed by atoms with Gasteiger partial charge in [0.1, 0.15) is 17.2 Å². The van der Waals surface area contributed by atoms with Crippen molar-refractivity contribution in [3.05, 3.63) is 64.7 Å². The number of rotatable bonds is 5. The Hall–Kier alpha value is -2.24. The molecule has 0 radical (unpaired) electrons. The number of hydrogen-bond donors (Lipinski definition) is 2. The first-order valence-electron chi connectivity index (χ1n) is 12.0. The molecule has 5 rings (SSSR count). The molecule has 32 heavy (non-hydrogen) atoms. The predicted octanol–water partition coefficient (Wildman–Crippen LogP) is 5.20. The van der Waals surface area contributed by atoms with Gasteiger partial charge in [-0.25, -0.2) is 9.37 Å². The van der Waals surface area contributed by atoms with Crippen molar-refractivity contribution < 1.29 is 9.50 Å². The topological polar surface area (TPSA) is 50.1 Å². The third-order valence-electron chi connectivity index (χ3n) is 7.33. The second-order valence-corrected chi connectivity index (χ2v) is 10.5. The maximum atomic E-state index is 13.5. The zero-order valence-corrected chi connectivity index (χ0v) is 19.4. The minimum atomic E-state index is -0.973. The molecule has 4 nitrogen and oxygen atoms in total. The summed E-state index contributed by atoms with van der Waals surface area (Å²) >= 11 is 0. The van der Waals surface area contributed by atoms with Gasteiger partial charge in [0.15, 0.2) is 0 Å². The lowest BCUT2D eigenvalue weighted by Gasteiger charge is -2.33. The first-order valence-corrected chi connectivity index (χ1v) is 12.0. The molecule has 1 fully saturated rings. The Morgan fingerprint density at radius 3 is 2.56 bits per heavy atom. The van der Waals surface area contributed by atoms with Gasteiger partial charge in [-0.1, -0.05) is 12.1 Å². The number of nitrogens with zero attached hydrogens (tertiary/aromatic N) is 2. The smallest absolute Gasteiger partial charge is 0.141 e. The Bertz CT molecular complexity index is 1120. The van der Waals surface area contributed by atoms with Crippen molar-refractivity contribution in [1.82, 2.24) is 14.9 Å². The zero-order valence-electron chi connectivity index (χ0n) is 19.4. The lowest BCUT2D eigenvalue weighted by molar-refractivity contribution is 0.0620. The lowest BCUT2D eigenvalue weighted by atomic mass is 9.90. The summed E-state index contributed by atoms with van der Waals surface area (Å²) in [5.41, 5.74) is 4.80. The Balaban J connectivity index is 1.23. The van der Waals surface area contributed by atoms with Crippen LogP contribution in [0.5, 0.6) is 0 Å². The molecular weight excluding hydrogens is 401 g/mol. The summed E-state index contributed by atoms with van der Waals surface area (Å²) in [6, 6.07) is 12.5. The molecule has 0 saturated heterocycles. The van der Waals surface area contributed by atoms with Gasteiger partial charge in [0, 0.05) is 12.1 Å². The summed E-state index contributed by atoms with van der Waals surface area (Å²) in [7, 11) is 0. The quantitative estimate of drug-likeness (QED) is 0.579. The first kappa shape index (κ1) is 21.6. The standard InChI is InChI=1S/C27H34FN3O/c1-17-4-11-25-24(12-17)30-26(27(2,3)32)31(25)23-9-7-22(8-10-23)29-16-18-13-19-5-6-21(28)15-20(19)14-18/h4-6,11-12,15,18,22-23,29,32H,7-10,13-14,16H2,1-3H3. The molecule has 1 aromatic heterocycles. The molecule has 170 valence electrons. The minimum Gasteiger partial charge on any atom is -0.383 e. The van der Waals surface area contributed by atoms with Crippen LogP contribution in [0, 0.1) is 18.7 Å². The summed E-state index contributed by atoms with van der Waals surface area (Å²) in [6.45, 7) is 6.73. The molecule has 0 aliphatic heterocycles. The van der Waals surface area contributed by atoms with Crippen LogP contribution < -0.4 is 5.32 Å². The van der Waals surface area contributed by atoms with Crippen LogP contribution in [0.2, 0.25) is 0 Å². The minimum absolute atomic E-state index is 0.122. The van der Waals surface area contributed by atoms with Crippen LogP contribution in [-0.2, 0) is 18.4 Å². The number of aliphatic hydroxyl groups is 1. The van der Waals surface area contributed by atoms with Crippen LogP contribution in [-0.4, -0.2) is 27.2 Å². The number of nitrogens with one attached hydrogen (secondary N) is 1. The molecule has 1 unspecified atom stereocenters. The molecule has 0 spiro atoms. The van der Waals surface area contributed by atoms with Crippen molar-refractivity contribution in [1.29, 1.82) is 0 Å². The van der Waals surface area contributed by atoms with E-state index in [1.165, 1.54) is 16.7 Å². The largest absolute Gasteiger partial charge is 0.383 e. The van der Waals surface area contributed by atoms with Crippen molar-refractivity contribution in [3.8, 4) is 0 Å². The monoisotopic (exact) mass is 435 g/mol. The fourth-order valence-corrected chi connectivity index (χ4v) is 5.70. The zero-order chi connectivity index (χ0) is 22.5. The van der Waals surface area contributed by atoms with Gasteiger partial charge in [-0.3, -0.25) is 0 Å². The fraction of sp³-hybridized carbons (Fsp3) is 0.519. The second kappa shape index (κ2) is 8.27. The molecule has 2 aromatic carbocycles. The van der Waals surface area contributed by atoms with Crippen LogP contribution in [0.1, 0.15) is 68.1 Å². The van der Waals surface area contributed by atoms with E-state index in [9.17, 15) is 9.50 Å². The second-order valence-electron chi connectivity index (χ2n) is 10.5. The Kier molecular flexibility index (Phi) is 5.58. The number of aromatic nitrogens is 2. The van der Waals surface area contributed by atoms with E-state index in [0.717, 1.165) is 61.9 Å². The van der Waals surface area contributed by atoms with E-state index in [1.807, 2.05) is 19.9 Å². The molecule has 2 aliphatic rings. The van der Waals surface area contributed by atoms with E-state index in [4.69, 9.17) is 4.98 Å². The highest BCUT2D eigenvalue weighted by atomic mass is 19.1. The molecule has 0 bridgehead atoms. The van der Waals surface area contributed by atoms with Gasteiger partial charge in [-0.15, -0.1) is 0 Å². The number of imidazole rings is 1. The normalized spacial score (nSPS) is 23.6. The summed E-state index contributed by atoms with van der Waals surface area (Å²) in [5.74, 6) is 1.21. The maximum Gasteiger partial charge on any atom is 0.141 e. The lowest BCUT2D eigenvalue weighted by Crippen LogP contribution is -2.37. The van der Waals surface area contributed by atoms with E-state index < -0.39 is 5.60 Å². The van der Waals surface area contributed by atoms with Gasteiger partial charge < -0.3 is 15.0 Å². The Labute approximate surface area is 189 Å². The molecule has 2 aliphatic carbocycles. The van der Waals surface area contributed by atoms with Crippen molar-refractivity contribution in [2.24, 2.45) is 5.92 Å². The molecule has 0 amide bonds. The molecule has 5 heteroatoms. The van der Waals surface area contributed by atoms with E-state index in [1.54, 1.807) is 12.1 Å². The van der Waals surface area contributed by atoms with Crippen LogP contribution in [0.25, 0.3) is 11.0 Å². The summed E-state index contributed by atoms with van der Waals surface area (Å²) in [5, 5.41) is 14.6. The highest BCUT2D eigenvalue weighted by Gasteiger charge is 2.31. The molecule has 1 atom stereocenters. The van der Waals surface area contributed by atoms with Crippen LogP contribution in [0.4, 0.5) is 4.39 Å². The van der Waals surface area contributed by atoms with Gasteiger partial charge in [-0.05, 0) is 113 Å². The van der Waals surface area contributed by atoms with Gasteiger partial charge in [0.25, 0.3) is 0 Å². The number of halogens is 1. The molecule has 1 heterocycles. The summed E-state index contributed by atoms with van der Waals surface area (Å²) < 4.78 is 15.8. The van der Waals surface area contributed by atoms with Crippen molar-refractivity contribution in [2.45, 2.75) is 77.0 Å². The number of fused-ring (bicyclic) bond motifs is 2. The molecule has 1 saturated carbocycles. The summed E-state index contributed by atoms with van der Waals surface area (Å²) in [6.07, 6.45) is 6.43. The SMILES string of the molecule is Cc1ccc2c(c1)nc(C(C)(C)O)n2C1CCC(NCC2Cc3ccc(F)cc3C2)CC1. The number of benzene rings is 2. The Morgan fingerprint density at radius 2 is 1.81 bits per heavy atom. The van der Waals surface area contributed by atoms with Gasteiger partial charge >= 0.3 is 0 Å². The van der Waals surface area contributed by atoms with Gasteiger partial charge in [-0.2, -0.15) is 0 Å². The predicted molar refractivity (Wildman–Crippen MR) is 126 cm³/mol. The van der Waals surface area contributed by atoms with Crippen LogP contribution in [0.15, 0.2) is 36.4 Å². The highest BCUT2D eigenvalue weighted by molar-refractivity contribution is 5.77. The maximum absolute atomic E-state index is 13.5. The number of hydrogen-bond acceptors (Lipinski definition) is 3. The van der Waals surface area contributed by atoms with E-state index in [2.05, 4.69) is 35.0 Å². The molecule has 3 aromatic rings. The average molecular weight is 436 g/mol.